The smallest absolute Gasteiger partial charge is 0.305 e. The van der Waals surface area contributed by atoms with Crippen LogP contribution in [0.5, 0.6) is 0 Å². The zero-order chi connectivity index (χ0) is 16.8. The average Bonchev–Trinajstić information content (AvgIpc) is 2.47. The summed E-state index contributed by atoms with van der Waals surface area (Å²) in [6.07, 6.45) is 1.56. The molecule has 0 bridgehead atoms. The van der Waals surface area contributed by atoms with Gasteiger partial charge in [0.15, 0.2) is 0 Å². The van der Waals surface area contributed by atoms with Crippen LogP contribution in [0, 0.1) is 0 Å². The number of nitrogens with one attached hydrogen (secondary N) is 2. The van der Waals surface area contributed by atoms with Crippen LogP contribution in [0.3, 0.4) is 0 Å². The number of carbonyl (C=O) groups excluding carboxylic acids is 3. The molecule has 0 saturated heterocycles. The minimum Gasteiger partial charge on any atom is -0.469 e. The van der Waals surface area contributed by atoms with E-state index in [0.29, 0.717) is 26.1 Å². The Bertz CT molecular complexity index is 349. The maximum Gasteiger partial charge on any atom is 0.305 e. The minimum atomic E-state index is -0.295. The topological polar surface area (TPSA) is 97.0 Å². The van der Waals surface area contributed by atoms with Gasteiger partial charge in [0, 0.05) is 33.2 Å². The maximum absolute atomic E-state index is 11.6. The molecular weight excluding hydrogens is 290 g/mol. The number of amides is 2. The van der Waals surface area contributed by atoms with E-state index < -0.39 is 0 Å². The van der Waals surface area contributed by atoms with Crippen LogP contribution in [0.4, 0.5) is 0 Å². The number of methoxy groups -OCH3 is 2. The van der Waals surface area contributed by atoms with Crippen molar-refractivity contribution in [1.29, 1.82) is 0 Å². The van der Waals surface area contributed by atoms with Crippen molar-refractivity contribution in [2.24, 2.45) is 0 Å². The van der Waals surface area contributed by atoms with Crippen molar-refractivity contribution in [2.75, 3.05) is 54.1 Å². The SMILES string of the molecule is COCCCNC(=O)CN(C)CC(=O)NCCCC(=O)OC. The fourth-order valence-electron chi connectivity index (χ4n) is 1.66. The molecule has 22 heavy (non-hydrogen) atoms. The van der Waals surface area contributed by atoms with Gasteiger partial charge in [0.2, 0.25) is 11.8 Å². The van der Waals surface area contributed by atoms with E-state index in [4.69, 9.17) is 4.74 Å². The van der Waals surface area contributed by atoms with Gasteiger partial charge in [0.25, 0.3) is 0 Å². The zero-order valence-electron chi connectivity index (χ0n) is 13.6. The first-order valence-electron chi connectivity index (χ1n) is 7.27. The highest BCUT2D eigenvalue weighted by molar-refractivity contribution is 5.81. The highest BCUT2D eigenvalue weighted by Crippen LogP contribution is 1.90. The minimum absolute atomic E-state index is 0.128. The fourth-order valence-corrected chi connectivity index (χ4v) is 1.66. The number of nitrogens with zero attached hydrogens (tertiary/aromatic N) is 1. The number of esters is 1. The Labute approximate surface area is 131 Å². The predicted octanol–water partition coefficient (Wildman–Crippen LogP) is -0.860. The van der Waals surface area contributed by atoms with E-state index in [-0.39, 0.29) is 37.3 Å². The molecule has 0 aromatic carbocycles. The van der Waals surface area contributed by atoms with Crippen LogP contribution in [0.25, 0.3) is 0 Å². The Morgan fingerprint density at radius 3 is 2.00 bits per heavy atom. The van der Waals surface area contributed by atoms with Crippen LogP contribution in [0.15, 0.2) is 0 Å². The first-order valence-corrected chi connectivity index (χ1v) is 7.27. The molecular formula is C14H27N3O5. The van der Waals surface area contributed by atoms with E-state index in [1.165, 1.54) is 7.11 Å². The third-order valence-corrected chi connectivity index (χ3v) is 2.78. The van der Waals surface area contributed by atoms with E-state index in [2.05, 4.69) is 15.4 Å². The predicted molar refractivity (Wildman–Crippen MR) is 81.3 cm³/mol. The summed E-state index contributed by atoms with van der Waals surface area (Å²) in [4.78, 5) is 35.7. The molecule has 8 nitrogen and oxygen atoms in total. The molecule has 0 aromatic rings. The quantitative estimate of drug-likeness (QED) is 0.359. The van der Waals surface area contributed by atoms with Gasteiger partial charge in [-0.1, -0.05) is 0 Å². The zero-order valence-corrected chi connectivity index (χ0v) is 13.6. The largest absolute Gasteiger partial charge is 0.469 e. The summed E-state index contributed by atoms with van der Waals surface area (Å²) in [5.41, 5.74) is 0. The lowest BCUT2D eigenvalue weighted by atomic mass is 10.3. The van der Waals surface area contributed by atoms with Crippen molar-refractivity contribution in [3.8, 4) is 0 Å². The van der Waals surface area contributed by atoms with E-state index >= 15 is 0 Å². The van der Waals surface area contributed by atoms with Crippen LogP contribution in [0.1, 0.15) is 19.3 Å². The van der Waals surface area contributed by atoms with Gasteiger partial charge < -0.3 is 20.1 Å². The van der Waals surface area contributed by atoms with Crippen molar-refractivity contribution in [2.45, 2.75) is 19.3 Å². The highest BCUT2D eigenvalue weighted by atomic mass is 16.5. The molecule has 0 aromatic heterocycles. The van der Waals surface area contributed by atoms with Gasteiger partial charge in [0.1, 0.15) is 0 Å². The Kier molecular flexibility index (Phi) is 12.0. The molecule has 2 N–H and O–H groups in total. The molecule has 0 aliphatic carbocycles. The molecule has 0 rings (SSSR count). The van der Waals surface area contributed by atoms with Gasteiger partial charge >= 0.3 is 5.97 Å². The first kappa shape index (κ1) is 20.3. The second-order valence-corrected chi connectivity index (χ2v) is 4.90. The van der Waals surface area contributed by atoms with Gasteiger partial charge in [0.05, 0.1) is 20.2 Å². The molecule has 0 fully saturated rings. The van der Waals surface area contributed by atoms with Gasteiger partial charge in [-0.2, -0.15) is 0 Å². The van der Waals surface area contributed by atoms with Gasteiger partial charge in [-0.3, -0.25) is 19.3 Å². The Morgan fingerprint density at radius 1 is 0.955 bits per heavy atom. The fraction of sp³-hybridized carbons (Fsp3) is 0.786. The number of ether oxygens (including phenoxy) is 2. The second-order valence-electron chi connectivity index (χ2n) is 4.90. The number of likely N-dealkylation sites (N-methyl/N-ethyl adjacent to an activating group) is 1. The van der Waals surface area contributed by atoms with E-state index in [1.54, 1.807) is 19.1 Å². The summed E-state index contributed by atoms with van der Waals surface area (Å²) in [6.45, 7) is 1.85. The second kappa shape index (κ2) is 13.0. The Morgan fingerprint density at radius 2 is 1.50 bits per heavy atom. The third kappa shape index (κ3) is 12.1. The molecule has 0 heterocycles. The van der Waals surface area contributed by atoms with Crippen molar-refractivity contribution < 1.29 is 23.9 Å². The molecule has 0 aliphatic rings. The molecule has 0 aliphatic heterocycles. The number of rotatable bonds is 12. The van der Waals surface area contributed by atoms with Crippen molar-refractivity contribution in [3.05, 3.63) is 0 Å². The summed E-state index contributed by atoms with van der Waals surface area (Å²) >= 11 is 0. The van der Waals surface area contributed by atoms with E-state index in [9.17, 15) is 14.4 Å². The lowest BCUT2D eigenvalue weighted by Gasteiger charge is -2.16. The molecule has 0 spiro atoms. The lowest BCUT2D eigenvalue weighted by molar-refractivity contribution is -0.140. The van der Waals surface area contributed by atoms with Gasteiger partial charge in [-0.05, 0) is 19.9 Å². The highest BCUT2D eigenvalue weighted by Gasteiger charge is 2.10. The molecule has 0 radical (unpaired) electrons. The van der Waals surface area contributed by atoms with Crippen molar-refractivity contribution in [3.63, 3.8) is 0 Å². The molecule has 8 heteroatoms. The number of hydrogen-bond acceptors (Lipinski definition) is 6. The lowest BCUT2D eigenvalue weighted by Crippen LogP contribution is -2.41. The van der Waals surface area contributed by atoms with E-state index in [1.807, 2.05) is 0 Å². The summed E-state index contributed by atoms with van der Waals surface area (Å²) in [5.74, 6) is -0.604. The summed E-state index contributed by atoms with van der Waals surface area (Å²) in [6, 6.07) is 0. The number of carbonyl (C=O) groups is 3. The van der Waals surface area contributed by atoms with Crippen LogP contribution in [-0.4, -0.2) is 76.7 Å². The number of hydrogen-bond donors (Lipinski definition) is 2. The van der Waals surface area contributed by atoms with Crippen molar-refractivity contribution in [1.82, 2.24) is 15.5 Å². The first-order chi connectivity index (χ1) is 10.5. The van der Waals surface area contributed by atoms with Gasteiger partial charge in [-0.15, -0.1) is 0 Å². The van der Waals surface area contributed by atoms with Crippen LogP contribution < -0.4 is 10.6 Å². The van der Waals surface area contributed by atoms with E-state index in [0.717, 1.165) is 6.42 Å². The summed E-state index contributed by atoms with van der Waals surface area (Å²) in [7, 11) is 4.64. The summed E-state index contributed by atoms with van der Waals surface area (Å²) in [5, 5.41) is 5.44. The molecule has 0 atom stereocenters. The monoisotopic (exact) mass is 317 g/mol. The molecule has 0 unspecified atom stereocenters. The van der Waals surface area contributed by atoms with Gasteiger partial charge in [-0.25, -0.2) is 0 Å². The van der Waals surface area contributed by atoms with Crippen LogP contribution >= 0.6 is 0 Å². The van der Waals surface area contributed by atoms with Crippen LogP contribution in [0.2, 0.25) is 0 Å². The Hall–Kier alpha value is -1.67. The summed E-state index contributed by atoms with van der Waals surface area (Å²) < 4.78 is 9.38. The third-order valence-electron chi connectivity index (χ3n) is 2.78. The normalized spacial score (nSPS) is 10.4. The average molecular weight is 317 g/mol. The molecule has 128 valence electrons. The molecule has 0 saturated carbocycles. The van der Waals surface area contributed by atoms with Crippen LogP contribution in [-0.2, 0) is 23.9 Å². The maximum atomic E-state index is 11.6. The molecule has 2 amide bonds. The Balaban J connectivity index is 3.68. The van der Waals surface area contributed by atoms with Crippen molar-refractivity contribution >= 4 is 17.8 Å². The standard InChI is InChI=1S/C14H27N3O5/c1-17(11-13(19)16-8-5-9-21-2)10-12(18)15-7-4-6-14(20)22-3/h4-11H2,1-3H3,(H,15,18)(H,16,19).